The minimum absolute atomic E-state index is 0.0221. The van der Waals surface area contributed by atoms with Gasteiger partial charge in [-0.05, 0) is 23.6 Å². The predicted octanol–water partition coefficient (Wildman–Crippen LogP) is 3.93. The maximum atomic E-state index is 12.4. The van der Waals surface area contributed by atoms with Crippen LogP contribution in [0.3, 0.4) is 0 Å². The normalized spacial score (nSPS) is 13.9. The number of carbonyl (C=O) groups excluding carboxylic acids is 2. The van der Waals surface area contributed by atoms with Crippen LogP contribution in [0.5, 0.6) is 11.5 Å². The lowest BCUT2D eigenvalue weighted by Gasteiger charge is -2.25. The van der Waals surface area contributed by atoms with Gasteiger partial charge in [-0.3, -0.25) is 9.59 Å². The van der Waals surface area contributed by atoms with Gasteiger partial charge >= 0.3 is 0 Å². The van der Waals surface area contributed by atoms with Gasteiger partial charge in [0.2, 0.25) is 5.91 Å². The minimum atomic E-state index is -0.153. The Balaban J connectivity index is 1.62. The van der Waals surface area contributed by atoms with Crippen molar-refractivity contribution in [2.75, 3.05) is 13.2 Å². The lowest BCUT2D eigenvalue weighted by atomic mass is 9.95. The van der Waals surface area contributed by atoms with Gasteiger partial charge in [-0.25, -0.2) is 0 Å². The van der Waals surface area contributed by atoms with Crippen LogP contribution in [-0.2, 0) is 4.79 Å². The third-order valence-electron chi connectivity index (χ3n) is 4.58. The highest BCUT2D eigenvalue weighted by Gasteiger charge is 2.21. The van der Waals surface area contributed by atoms with Gasteiger partial charge in [-0.15, -0.1) is 0 Å². The molecule has 1 amide bonds. The molecule has 0 aromatic heterocycles. The number of ether oxygens (including phenoxy) is 2. The highest BCUT2D eigenvalue weighted by molar-refractivity contribution is 5.97. The van der Waals surface area contributed by atoms with E-state index in [0.29, 0.717) is 24.5 Å². The number of nitrogens with one attached hydrogen (secondary N) is 1. The second-order valence-electron chi connectivity index (χ2n) is 6.98. The summed E-state index contributed by atoms with van der Waals surface area (Å²) >= 11 is 0. The Morgan fingerprint density at radius 3 is 2.37 bits per heavy atom. The first-order valence-corrected chi connectivity index (χ1v) is 9.32. The van der Waals surface area contributed by atoms with Crippen molar-refractivity contribution < 1.29 is 19.1 Å². The van der Waals surface area contributed by atoms with E-state index in [1.807, 2.05) is 36.4 Å². The zero-order chi connectivity index (χ0) is 19.2. The molecule has 0 saturated heterocycles. The summed E-state index contributed by atoms with van der Waals surface area (Å²) in [6.45, 7) is 5.18. The second-order valence-corrected chi connectivity index (χ2v) is 6.98. The molecular formula is C22H25NO4. The third kappa shape index (κ3) is 4.88. The molecule has 1 atom stereocenters. The molecule has 5 nitrogen and oxygen atoms in total. The zero-order valence-corrected chi connectivity index (χ0v) is 15.7. The van der Waals surface area contributed by atoms with Crippen molar-refractivity contribution in [2.45, 2.75) is 32.7 Å². The zero-order valence-electron chi connectivity index (χ0n) is 15.7. The number of amides is 1. The summed E-state index contributed by atoms with van der Waals surface area (Å²) in [5.74, 6) is 1.48. The molecule has 1 N–H and O–H groups in total. The van der Waals surface area contributed by atoms with E-state index in [1.165, 1.54) is 0 Å². The van der Waals surface area contributed by atoms with Gasteiger partial charge in [-0.1, -0.05) is 50.2 Å². The van der Waals surface area contributed by atoms with Crippen molar-refractivity contribution >= 4 is 11.7 Å². The molecule has 0 spiro atoms. The standard InChI is InChI=1S/C22H25NO4/c1-15(2)22(17-8-10-19-20(14-17)27-13-12-26-19)23-21(25)11-9-18(24)16-6-4-3-5-7-16/h3-8,10,14-15,22H,9,11-13H2,1-2H3,(H,23,25)/t22-/m0/s1. The van der Waals surface area contributed by atoms with Crippen molar-refractivity contribution in [1.82, 2.24) is 5.32 Å². The van der Waals surface area contributed by atoms with Crippen molar-refractivity contribution in [1.29, 1.82) is 0 Å². The van der Waals surface area contributed by atoms with Crippen LogP contribution in [0.2, 0.25) is 0 Å². The van der Waals surface area contributed by atoms with Crippen molar-refractivity contribution in [3.05, 3.63) is 59.7 Å². The number of ketones is 1. The molecule has 0 aliphatic carbocycles. The second kappa shape index (κ2) is 8.71. The quantitative estimate of drug-likeness (QED) is 0.753. The Kier molecular flexibility index (Phi) is 6.12. The maximum Gasteiger partial charge on any atom is 0.220 e. The van der Waals surface area contributed by atoms with Gasteiger partial charge in [0.15, 0.2) is 17.3 Å². The number of hydrogen-bond acceptors (Lipinski definition) is 4. The number of hydrogen-bond donors (Lipinski definition) is 1. The number of Topliss-reactive ketones (excluding diaryl/α,β-unsaturated/α-hetero) is 1. The molecule has 5 heteroatoms. The van der Waals surface area contributed by atoms with Gasteiger partial charge in [0.25, 0.3) is 0 Å². The summed E-state index contributed by atoms with van der Waals surface area (Å²) in [7, 11) is 0. The molecule has 1 aliphatic heterocycles. The van der Waals surface area contributed by atoms with Crippen LogP contribution in [0.4, 0.5) is 0 Å². The van der Waals surface area contributed by atoms with Crippen LogP contribution < -0.4 is 14.8 Å². The first kappa shape index (κ1) is 19.0. The van der Waals surface area contributed by atoms with Crippen molar-refractivity contribution in [2.24, 2.45) is 5.92 Å². The third-order valence-corrected chi connectivity index (χ3v) is 4.58. The molecule has 1 heterocycles. The topological polar surface area (TPSA) is 64.6 Å². The molecule has 3 rings (SSSR count). The number of carbonyl (C=O) groups is 2. The average molecular weight is 367 g/mol. The van der Waals surface area contributed by atoms with E-state index in [-0.39, 0.29) is 36.5 Å². The fourth-order valence-electron chi connectivity index (χ4n) is 3.13. The fraction of sp³-hybridized carbons (Fsp3) is 0.364. The molecule has 0 unspecified atom stereocenters. The number of benzene rings is 2. The summed E-state index contributed by atoms with van der Waals surface area (Å²) < 4.78 is 11.2. The highest BCUT2D eigenvalue weighted by atomic mass is 16.6. The smallest absolute Gasteiger partial charge is 0.220 e. The summed E-state index contributed by atoms with van der Waals surface area (Å²) in [5.41, 5.74) is 1.61. The van der Waals surface area contributed by atoms with E-state index in [1.54, 1.807) is 12.1 Å². The summed E-state index contributed by atoms with van der Waals surface area (Å²) in [6.07, 6.45) is 0.364. The molecule has 0 fully saturated rings. The number of fused-ring (bicyclic) bond motifs is 1. The molecule has 27 heavy (non-hydrogen) atoms. The largest absolute Gasteiger partial charge is 0.486 e. The average Bonchev–Trinajstić information content (AvgIpc) is 2.70. The predicted molar refractivity (Wildman–Crippen MR) is 103 cm³/mol. The van der Waals surface area contributed by atoms with Crippen LogP contribution in [0.15, 0.2) is 48.5 Å². The Hall–Kier alpha value is -2.82. The van der Waals surface area contributed by atoms with Gasteiger partial charge in [0.05, 0.1) is 6.04 Å². The van der Waals surface area contributed by atoms with Gasteiger partial charge in [-0.2, -0.15) is 0 Å². The summed E-state index contributed by atoms with van der Waals surface area (Å²) in [4.78, 5) is 24.6. The maximum absolute atomic E-state index is 12.4. The van der Waals surface area contributed by atoms with Gasteiger partial charge in [0.1, 0.15) is 13.2 Å². The highest BCUT2D eigenvalue weighted by Crippen LogP contribution is 2.34. The molecule has 1 aliphatic rings. The van der Waals surface area contributed by atoms with E-state index >= 15 is 0 Å². The van der Waals surface area contributed by atoms with Crippen molar-refractivity contribution in [3.63, 3.8) is 0 Å². The SMILES string of the molecule is CC(C)[C@H](NC(=O)CCC(=O)c1ccccc1)c1ccc2c(c1)OCCO2. The first-order valence-electron chi connectivity index (χ1n) is 9.32. The Morgan fingerprint density at radius 1 is 0.963 bits per heavy atom. The van der Waals surface area contributed by atoms with Gasteiger partial charge < -0.3 is 14.8 Å². The lowest BCUT2D eigenvalue weighted by Crippen LogP contribution is -2.32. The van der Waals surface area contributed by atoms with Crippen LogP contribution in [0.1, 0.15) is 48.7 Å². The first-order chi connectivity index (χ1) is 13.0. The molecule has 142 valence electrons. The molecule has 2 aromatic carbocycles. The van der Waals surface area contributed by atoms with Crippen LogP contribution >= 0.6 is 0 Å². The van der Waals surface area contributed by atoms with E-state index in [9.17, 15) is 9.59 Å². The molecule has 2 aromatic rings. The van der Waals surface area contributed by atoms with Crippen LogP contribution in [0, 0.1) is 5.92 Å². The fourth-order valence-corrected chi connectivity index (χ4v) is 3.13. The van der Waals surface area contributed by atoms with Crippen LogP contribution in [-0.4, -0.2) is 24.9 Å². The van der Waals surface area contributed by atoms with E-state index in [4.69, 9.17) is 9.47 Å². The monoisotopic (exact) mass is 367 g/mol. The number of rotatable bonds is 7. The molecule has 0 bridgehead atoms. The summed E-state index contributed by atoms with van der Waals surface area (Å²) in [5, 5.41) is 3.06. The minimum Gasteiger partial charge on any atom is -0.486 e. The molecular weight excluding hydrogens is 342 g/mol. The van der Waals surface area contributed by atoms with Crippen LogP contribution in [0.25, 0.3) is 0 Å². The van der Waals surface area contributed by atoms with E-state index in [2.05, 4.69) is 19.2 Å². The molecule has 0 saturated carbocycles. The van der Waals surface area contributed by atoms with Crippen molar-refractivity contribution in [3.8, 4) is 11.5 Å². The van der Waals surface area contributed by atoms with E-state index in [0.717, 1.165) is 11.3 Å². The lowest BCUT2D eigenvalue weighted by molar-refractivity contribution is -0.122. The Bertz CT molecular complexity index is 801. The Morgan fingerprint density at radius 2 is 1.67 bits per heavy atom. The summed E-state index contributed by atoms with van der Waals surface area (Å²) in [6, 6.07) is 14.7. The Labute approximate surface area is 159 Å². The van der Waals surface area contributed by atoms with E-state index < -0.39 is 0 Å². The molecule has 0 radical (unpaired) electrons. The van der Waals surface area contributed by atoms with Gasteiger partial charge in [0, 0.05) is 18.4 Å².